The molecule has 0 aromatic rings. The predicted octanol–water partition coefficient (Wildman–Crippen LogP) is 1.18. The average Bonchev–Trinajstić information content (AvgIpc) is 2.21. The second-order valence-electron chi connectivity index (χ2n) is 3.79. The molecule has 0 saturated heterocycles. The smallest absolute Gasteiger partial charge is 0.304 e. The molecule has 1 saturated carbocycles. The molecule has 4 heteroatoms. The minimum atomic E-state index is -0.890. The Kier molecular flexibility index (Phi) is 4.71. The summed E-state index contributed by atoms with van der Waals surface area (Å²) in [6.07, 6.45) is 2.10. The van der Waals surface area contributed by atoms with Crippen LogP contribution in [0, 0.1) is 17.8 Å². The van der Waals surface area contributed by atoms with Crippen LogP contribution in [0.15, 0.2) is 0 Å². The van der Waals surface area contributed by atoms with E-state index in [0.29, 0.717) is 19.3 Å². The predicted molar refractivity (Wildman–Crippen MR) is 56.6 cm³/mol. The Morgan fingerprint density at radius 3 is 2.44 bits per heavy atom. The van der Waals surface area contributed by atoms with E-state index in [1.807, 2.05) is 0 Å². The topological polar surface area (TPSA) is 71.4 Å². The van der Waals surface area contributed by atoms with E-state index < -0.39 is 11.9 Å². The molecule has 0 bridgehead atoms. The van der Waals surface area contributed by atoms with Crippen LogP contribution in [0.1, 0.15) is 38.5 Å². The van der Waals surface area contributed by atoms with Crippen LogP contribution in [-0.4, -0.2) is 22.6 Å². The van der Waals surface area contributed by atoms with Crippen molar-refractivity contribution in [3.05, 3.63) is 0 Å². The maximum atomic E-state index is 11.4. The highest BCUT2D eigenvalue weighted by atomic mass is 16.4. The summed E-state index contributed by atoms with van der Waals surface area (Å²) in [5, 5.41) is 8.37. The molecule has 1 aliphatic carbocycles. The van der Waals surface area contributed by atoms with Crippen LogP contribution in [0.3, 0.4) is 0 Å². The molecule has 86 valence electrons. The molecule has 0 heterocycles. The summed E-state index contributed by atoms with van der Waals surface area (Å²) in [4.78, 5) is 33.0. The first kappa shape index (κ1) is 12.4. The number of hydrogen-bond donors (Lipinski definition) is 1. The Labute approximate surface area is 94.0 Å². The summed E-state index contributed by atoms with van der Waals surface area (Å²) >= 11 is 0. The molecule has 0 atom stereocenters. The van der Waals surface area contributed by atoms with Gasteiger partial charge in [0.05, 0.1) is 12.3 Å². The van der Waals surface area contributed by atoms with Gasteiger partial charge >= 0.3 is 5.97 Å². The molecular formula is C12H14O4. The number of carbonyl (C=O) groups excluding carboxylic acids is 2. The van der Waals surface area contributed by atoms with Gasteiger partial charge in [0, 0.05) is 25.7 Å². The third kappa shape index (κ3) is 3.85. The molecule has 4 nitrogen and oxygen atoms in total. The van der Waals surface area contributed by atoms with Crippen molar-refractivity contribution in [2.24, 2.45) is 5.92 Å². The zero-order valence-corrected chi connectivity index (χ0v) is 8.99. The normalized spacial score (nSPS) is 16.8. The molecule has 0 aliphatic heterocycles. The van der Waals surface area contributed by atoms with Crippen LogP contribution in [0.5, 0.6) is 0 Å². The van der Waals surface area contributed by atoms with Gasteiger partial charge in [-0.25, -0.2) is 0 Å². The molecule has 0 amide bonds. The van der Waals surface area contributed by atoms with E-state index >= 15 is 0 Å². The summed E-state index contributed by atoms with van der Waals surface area (Å²) in [6.45, 7) is 0. The van der Waals surface area contributed by atoms with Crippen LogP contribution < -0.4 is 0 Å². The molecule has 0 aromatic heterocycles. The van der Waals surface area contributed by atoms with Gasteiger partial charge < -0.3 is 5.11 Å². The third-order valence-electron chi connectivity index (χ3n) is 2.52. The monoisotopic (exact) mass is 222 g/mol. The molecule has 1 N–H and O–H groups in total. The summed E-state index contributed by atoms with van der Waals surface area (Å²) in [6, 6.07) is 0. The number of Topliss-reactive ketones (excluding diaryl/α,β-unsaturated/α-hetero) is 2. The van der Waals surface area contributed by atoms with E-state index in [9.17, 15) is 14.4 Å². The summed E-state index contributed by atoms with van der Waals surface area (Å²) in [5.74, 6) is 3.88. The lowest BCUT2D eigenvalue weighted by Crippen LogP contribution is -2.28. The fourth-order valence-corrected chi connectivity index (χ4v) is 1.62. The zero-order valence-electron chi connectivity index (χ0n) is 8.99. The molecular weight excluding hydrogens is 208 g/mol. The first-order chi connectivity index (χ1) is 7.61. The van der Waals surface area contributed by atoms with E-state index in [2.05, 4.69) is 11.8 Å². The number of rotatable bonds is 3. The van der Waals surface area contributed by atoms with Crippen LogP contribution in [0.25, 0.3) is 0 Å². The minimum Gasteiger partial charge on any atom is -0.481 e. The van der Waals surface area contributed by atoms with Crippen LogP contribution in [-0.2, 0) is 14.4 Å². The standard InChI is InChI=1S/C12H14O4/c13-10-6-4-7-11(14)9(10)5-2-1-3-8-12(15)16/h9H,3-8H2,(H,15,16). The van der Waals surface area contributed by atoms with Gasteiger partial charge in [-0.05, 0) is 6.42 Å². The Hall–Kier alpha value is -1.63. The number of aliphatic carboxylic acids is 1. The maximum Gasteiger partial charge on any atom is 0.304 e. The summed E-state index contributed by atoms with van der Waals surface area (Å²) < 4.78 is 0. The first-order valence-corrected chi connectivity index (χ1v) is 5.34. The number of hydrogen-bond acceptors (Lipinski definition) is 3. The molecule has 0 aromatic carbocycles. The van der Waals surface area contributed by atoms with Crippen molar-refractivity contribution in [1.82, 2.24) is 0 Å². The Balaban J connectivity index is 2.37. The van der Waals surface area contributed by atoms with E-state index in [0.717, 1.165) is 0 Å². The highest BCUT2D eigenvalue weighted by Gasteiger charge is 2.28. The number of carboxylic acid groups (broad SMARTS) is 1. The molecule has 0 unspecified atom stereocenters. The molecule has 0 spiro atoms. The van der Waals surface area contributed by atoms with Crippen molar-refractivity contribution < 1.29 is 19.5 Å². The first-order valence-electron chi connectivity index (χ1n) is 5.34. The number of carbonyl (C=O) groups is 3. The fraction of sp³-hybridized carbons (Fsp3) is 0.583. The average molecular weight is 222 g/mol. The lowest BCUT2D eigenvalue weighted by Gasteiger charge is -2.16. The summed E-state index contributed by atoms with van der Waals surface area (Å²) in [7, 11) is 0. The minimum absolute atomic E-state index is 0.000437. The Morgan fingerprint density at radius 2 is 1.88 bits per heavy atom. The molecule has 1 rings (SSSR count). The van der Waals surface area contributed by atoms with Gasteiger partial charge in [0.2, 0.25) is 0 Å². The fourth-order valence-electron chi connectivity index (χ4n) is 1.62. The van der Waals surface area contributed by atoms with Crippen molar-refractivity contribution in [3.8, 4) is 11.8 Å². The zero-order chi connectivity index (χ0) is 12.0. The van der Waals surface area contributed by atoms with Crippen LogP contribution in [0.4, 0.5) is 0 Å². The van der Waals surface area contributed by atoms with Gasteiger partial charge in [-0.2, -0.15) is 0 Å². The highest BCUT2D eigenvalue weighted by molar-refractivity contribution is 6.04. The quantitative estimate of drug-likeness (QED) is 0.575. The summed E-state index contributed by atoms with van der Waals surface area (Å²) in [5.41, 5.74) is 0. The second-order valence-corrected chi connectivity index (χ2v) is 3.79. The highest BCUT2D eigenvalue weighted by Crippen LogP contribution is 2.19. The van der Waals surface area contributed by atoms with Crippen molar-refractivity contribution in [1.29, 1.82) is 0 Å². The molecule has 1 aliphatic rings. The largest absolute Gasteiger partial charge is 0.481 e. The van der Waals surface area contributed by atoms with Crippen molar-refractivity contribution >= 4 is 17.5 Å². The lowest BCUT2D eigenvalue weighted by atomic mass is 9.85. The van der Waals surface area contributed by atoms with Crippen molar-refractivity contribution in [3.63, 3.8) is 0 Å². The van der Waals surface area contributed by atoms with E-state index in [4.69, 9.17) is 5.11 Å². The van der Waals surface area contributed by atoms with E-state index in [1.54, 1.807) is 0 Å². The van der Waals surface area contributed by atoms with Crippen molar-refractivity contribution in [2.45, 2.75) is 38.5 Å². The Bertz CT molecular complexity index is 343. The van der Waals surface area contributed by atoms with Gasteiger partial charge in [0.15, 0.2) is 0 Å². The van der Waals surface area contributed by atoms with Gasteiger partial charge in [-0.3, -0.25) is 14.4 Å². The van der Waals surface area contributed by atoms with E-state index in [-0.39, 0.29) is 30.8 Å². The maximum absolute atomic E-state index is 11.4. The van der Waals surface area contributed by atoms with Gasteiger partial charge in [0.25, 0.3) is 0 Å². The third-order valence-corrected chi connectivity index (χ3v) is 2.52. The number of ketones is 2. The van der Waals surface area contributed by atoms with Gasteiger partial charge in [-0.15, -0.1) is 11.8 Å². The molecule has 0 radical (unpaired) electrons. The second kappa shape index (κ2) is 6.06. The van der Waals surface area contributed by atoms with E-state index in [1.165, 1.54) is 0 Å². The number of carboxylic acids is 1. The molecule has 16 heavy (non-hydrogen) atoms. The van der Waals surface area contributed by atoms with Crippen LogP contribution in [0.2, 0.25) is 0 Å². The molecule has 1 fully saturated rings. The SMILES string of the molecule is O=C(O)CCC#CCC1C(=O)CCCC1=O. The van der Waals surface area contributed by atoms with Gasteiger partial charge in [0.1, 0.15) is 11.6 Å². The van der Waals surface area contributed by atoms with Crippen LogP contribution >= 0.6 is 0 Å². The van der Waals surface area contributed by atoms with Gasteiger partial charge in [-0.1, -0.05) is 0 Å². The van der Waals surface area contributed by atoms with Crippen molar-refractivity contribution in [2.75, 3.05) is 0 Å². The lowest BCUT2D eigenvalue weighted by molar-refractivity contribution is -0.137. The Morgan fingerprint density at radius 1 is 1.25 bits per heavy atom.